The fourth-order valence-electron chi connectivity index (χ4n) is 1.56. The van der Waals surface area contributed by atoms with Gasteiger partial charge in [0.2, 0.25) is 0 Å². The van der Waals surface area contributed by atoms with Gasteiger partial charge in [0.25, 0.3) is 0 Å². The SMILES string of the molecule is CC1(CS)CCCCC1. The Morgan fingerprint density at radius 1 is 1.22 bits per heavy atom. The third-order valence-electron chi connectivity index (χ3n) is 2.44. The number of rotatable bonds is 1. The maximum absolute atomic E-state index is 4.35. The van der Waals surface area contributed by atoms with Gasteiger partial charge in [0.15, 0.2) is 0 Å². The Morgan fingerprint density at radius 3 is 2.11 bits per heavy atom. The average molecular weight is 144 g/mol. The second-order valence-electron chi connectivity index (χ2n) is 3.53. The Bertz CT molecular complexity index is 82.6. The Kier molecular flexibility index (Phi) is 2.45. The van der Waals surface area contributed by atoms with E-state index in [1.165, 1.54) is 32.1 Å². The molecule has 0 unspecified atom stereocenters. The Hall–Kier alpha value is 0.350. The van der Waals surface area contributed by atoms with E-state index in [4.69, 9.17) is 0 Å². The fourth-order valence-corrected chi connectivity index (χ4v) is 1.88. The van der Waals surface area contributed by atoms with Crippen LogP contribution in [0.15, 0.2) is 0 Å². The predicted molar refractivity (Wildman–Crippen MR) is 45.0 cm³/mol. The first-order valence-corrected chi connectivity index (χ1v) is 4.51. The van der Waals surface area contributed by atoms with Crippen LogP contribution >= 0.6 is 12.6 Å². The first-order valence-electron chi connectivity index (χ1n) is 3.88. The summed E-state index contributed by atoms with van der Waals surface area (Å²) in [6.07, 6.45) is 7.10. The van der Waals surface area contributed by atoms with Gasteiger partial charge < -0.3 is 0 Å². The first kappa shape index (κ1) is 7.46. The zero-order chi connectivity index (χ0) is 6.74. The Labute approximate surface area is 63.4 Å². The molecule has 0 N–H and O–H groups in total. The summed E-state index contributed by atoms with van der Waals surface area (Å²) in [5, 5.41) is 0. The second-order valence-corrected chi connectivity index (χ2v) is 3.85. The average Bonchev–Trinajstić information content (AvgIpc) is 1.90. The lowest BCUT2D eigenvalue weighted by Crippen LogP contribution is -2.21. The van der Waals surface area contributed by atoms with E-state index in [9.17, 15) is 0 Å². The molecule has 0 radical (unpaired) electrons. The van der Waals surface area contributed by atoms with Crippen molar-refractivity contribution in [2.75, 3.05) is 5.75 Å². The van der Waals surface area contributed by atoms with Crippen molar-refractivity contribution in [1.82, 2.24) is 0 Å². The molecule has 0 aliphatic heterocycles. The summed E-state index contributed by atoms with van der Waals surface area (Å²) in [5.41, 5.74) is 0.585. The highest BCUT2D eigenvalue weighted by Crippen LogP contribution is 2.36. The van der Waals surface area contributed by atoms with Crippen molar-refractivity contribution in [2.45, 2.75) is 39.0 Å². The predicted octanol–water partition coefficient (Wildman–Crippen LogP) is 2.89. The van der Waals surface area contributed by atoms with Crippen LogP contribution in [0.3, 0.4) is 0 Å². The molecule has 1 rings (SSSR count). The summed E-state index contributed by atoms with van der Waals surface area (Å²) in [6.45, 7) is 2.36. The van der Waals surface area contributed by atoms with Crippen molar-refractivity contribution < 1.29 is 0 Å². The lowest BCUT2D eigenvalue weighted by Gasteiger charge is -2.31. The van der Waals surface area contributed by atoms with Gasteiger partial charge in [-0.05, 0) is 24.0 Å². The molecule has 0 aromatic carbocycles. The maximum Gasteiger partial charge on any atom is -0.00438 e. The normalized spacial score (nSPS) is 26.0. The van der Waals surface area contributed by atoms with E-state index in [1.807, 2.05) is 0 Å². The van der Waals surface area contributed by atoms with Gasteiger partial charge in [-0.2, -0.15) is 12.6 Å². The van der Waals surface area contributed by atoms with Crippen molar-refractivity contribution in [3.63, 3.8) is 0 Å². The summed E-state index contributed by atoms with van der Waals surface area (Å²) in [4.78, 5) is 0. The molecule has 0 bridgehead atoms. The molecule has 0 aromatic heterocycles. The van der Waals surface area contributed by atoms with Crippen LogP contribution < -0.4 is 0 Å². The summed E-state index contributed by atoms with van der Waals surface area (Å²) in [5.74, 6) is 1.08. The van der Waals surface area contributed by atoms with Gasteiger partial charge in [0, 0.05) is 0 Å². The minimum Gasteiger partial charge on any atom is -0.179 e. The zero-order valence-corrected chi connectivity index (χ0v) is 7.08. The van der Waals surface area contributed by atoms with Crippen LogP contribution in [0.25, 0.3) is 0 Å². The molecule has 1 fully saturated rings. The van der Waals surface area contributed by atoms with Crippen LogP contribution in [0.1, 0.15) is 39.0 Å². The summed E-state index contributed by atoms with van der Waals surface area (Å²) in [7, 11) is 0. The third-order valence-corrected chi connectivity index (χ3v) is 3.21. The minimum absolute atomic E-state index is 0.585. The molecule has 0 aromatic rings. The van der Waals surface area contributed by atoms with Crippen LogP contribution in [0.2, 0.25) is 0 Å². The largest absolute Gasteiger partial charge is 0.179 e. The highest BCUT2D eigenvalue weighted by molar-refractivity contribution is 7.80. The van der Waals surface area contributed by atoms with Crippen LogP contribution in [0.5, 0.6) is 0 Å². The highest BCUT2D eigenvalue weighted by atomic mass is 32.1. The van der Waals surface area contributed by atoms with Crippen molar-refractivity contribution in [3.05, 3.63) is 0 Å². The molecule has 0 nitrogen and oxygen atoms in total. The monoisotopic (exact) mass is 144 g/mol. The molecule has 0 spiro atoms. The van der Waals surface area contributed by atoms with Crippen molar-refractivity contribution in [2.24, 2.45) is 5.41 Å². The van der Waals surface area contributed by atoms with Crippen LogP contribution in [-0.2, 0) is 0 Å². The van der Waals surface area contributed by atoms with E-state index < -0.39 is 0 Å². The van der Waals surface area contributed by atoms with Crippen molar-refractivity contribution in [3.8, 4) is 0 Å². The Balaban J connectivity index is 2.37. The zero-order valence-electron chi connectivity index (χ0n) is 6.19. The molecule has 0 atom stereocenters. The van der Waals surface area contributed by atoms with E-state index in [0.717, 1.165) is 5.75 Å². The van der Waals surface area contributed by atoms with Gasteiger partial charge in [-0.1, -0.05) is 26.2 Å². The molecular weight excluding hydrogens is 128 g/mol. The maximum atomic E-state index is 4.35. The summed E-state index contributed by atoms with van der Waals surface area (Å²) in [6, 6.07) is 0. The molecule has 1 saturated carbocycles. The van der Waals surface area contributed by atoms with Crippen LogP contribution in [-0.4, -0.2) is 5.75 Å². The fraction of sp³-hybridized carbons (Fsp3) is 1.00. The van der Waals surface area contributed by atoms with Crippen molar-refractivity contribution >= 4 is 12.6 Å². The molecule has 54 valence electrons. The van der Waals surface area contributed by atoms with Crippen molar-refractivity contribution in [1.29, 1.82) is 0 Å². The molecule has 9 heavy (non-hydrogen) atoms. The van der Waals surface area contributed by atoms with E-state index >= 15 is 0 Å². The quantitative estimate of drug-likeness (QED) is 0.537. The van der Waals surface area contributed by atoms with Gasteiger partial charge in [-0.15, -0.1) is 0 Å². The van der Waals surface area contributed by atoms with Crippen LogP contribution in [0.4, 0.5) is 0 Å². The van der Waals surface area contributed by atoms with Gasteiger partial charge in [-0.3, -0.25) is 0 Å². The topological polar surface area (TPSA) is 0 Å². The first-order chi connectivity index (χ1) is 4.27. The summed E-state index contributed by atoms with van der Waals surface area (Å²) < 4.78 is 0. The Morgan fingerprint density at radius 2 is 1.78 bits per heavy atom. The van der Waals surface area contributed by atoms with Gasteiger partial charge >= 0.3 is 0 Å². The molecule has 0 amide bonds. The van der Waals surface area contributed by atoms with E-state index in [-0.39, 0.29) is 0 Å². The number of thiol groups is 1. The standard InChI is InChI=1S/C8H16S/c1-8(7-9)5-3-2-4-6-8/h9H,2-7H2,1H3. The molecule has 1 aliphatic rings. The molecular formula is C8H16S. The van der Waals surface area contributed by atoms with Gasteiger partial charge in [0.05, 0.1) is 0 Å². The lowest BCUT2D eigenvalue weighted by atomic mass is 9.77. The number of hydrogen-bond donors (Lipinski definition) is 1. The van der Waals surface area contributed by atoms with Crippen LogP contribution in [0, 0.1) is 5.41 Å². The third kappa shape index (κ3) is 1.89. The molecule has 1 aliphatic carbocycles. The lowest BCUT2D eigenvalue weighted by molar-refractivity contribution is 0.252. The highest BCUT2D eigenvalue weighted by Gasteiger charge is 2.24. The van der Waals surface area contributed by atoms with E-state index in [1.54, 1.807) is 0 Å². The van der Waals surface area contributed by atoms with Gasteiger partial charge in [-0.25, -0.2) is 0 Å². The second kappa shape index (κ2) is 2.96. The van der Waals surface area contributed by atoms with Gasteiger partial charge in [0.1, 0.15) is 0 Å². The minimum atomic E-state index is 0.585. The van der Waals surface area contributed by atoms with E-state index in [2.05, 4.69) is 19.6 Å². The molecule has 1 heteroatoms. The number of hydrogen-bond acceptors (Lipinski definition) is 1. The van der Waals surface area contributed by atoms with E-state index in [0.29, 0.717) is 5.41 Å². The summed E-state index contributed by atoms with van der Waals surface area (Å²) >= 11 is 4.35. The molecule has 0 heterocycles. The smallest absolute Gasteiger partial charge is 0.00438 e. The molecule has 0 saturated heterocycles.